The summed E-state index contributed by atoms with van der Waals surface area (Å²) in [6.45, 7) is 0. The van der Waals surface area contributed by atoms with Crippen molar-refractivity contribution in [3.05, 3.63) is 66.5 Å². The summed E-state index contributed by atoms with van der Waals surface area (Å²) in [7, 11) is 0. The zero-order valence-corrected chi connectivity index (χ0v) is 14.9. The SMILES string of the molecule is O=C(NC(=S)Nc1ccc(-c2nn3cnnc3s2)cc1)c1ccccc1. The molecule has 2 N–H and O–H groups in total. The molecule has 0 fully saturated rings. The highest BCUT2D eigenvalue weighted by Gasteiger charge is 2.09. The van der Waals surface area contributed by atoms with E-state index in [1.54, 1.807) is 35.1 Å². The number of fused-ring (bicyclic) bond motifs is 1. The summed E-state index contributed by atoms with van der Waals surface area (Å²) < 4.78 is 1.64. The molecule has 0 spiro atoms. The monoisotopic (exact) mass is 380 g/mol. The molecule has 128 valence electrons. The van der Waals surface area contributed by atoms with Crippen molar-refractivity contribution in [2.75, 3.05) is 5.32 Å². The first kappa shape index (κ1) is 16.3. The van der Waals surface area contributed by atoms with Crippen molar-refractivity contribution in [1.82, 2.24) is 25.1 Å². The summed E-state index contributed by atoms with van der Waals surface area (Å²) in [5, 5.41) is 18.9. The zero-order valence-electron chi connectivity index (χ0n) is 13.3. The van der Waals surface area contributed by atoms with Crippen molar-refractivity contribution in [2.24, 2.45) is 0 Å². The van der Waals surface area contributed by atoms with Gasteiger partial charge in [-0.3, -0.25) is 10.1 Å². The predicted molar refractivity (Wildman–Crippen MR) is 104 cm³/mol. The Morgan fingerprint density at radius 1 is 1.08 bits per heavy atom. The number of aromatic nitrogens is 4. The van der Waals surface area contributed by atoms with Gasteiger partial charge in [0.05, 0.1) is 0 Å². The lowest BCUT2D eigenvalue weighted by atomic mass is 10.2. The molecule has 0 aliphatic carbocycles. The molecule has 0 unspecified atom stereocenters. The molecule has 0 atom stereocenters. The van der Waals surface area contributed by atoms with Gasteiger partial charge in [-0.25, -0.2) is 0 Å². The Morgan fingerprint density at radius 3 is 2.58 bits per heavy atom. The highest BCUT2D eigenvalue weighted by Crippen LogP contribution is 2.25. The lowest BCUT2D eigenvalue weighted by Gasteiger charge is -2.09. The Kier molecular flexibility index (Phi) is 4.38. The van der Waals surface area contributed by atoms with E-state index >= 15 is 0 Å². The Morgan fingerprint density at radius 2 is 1.85 bits per heavy atom. The van der Waals surface area contributed by atoms with E-state index in [1.807, 2.05) is 30.3 Å². The Hall–Kier alpha value is -3.17. The highest BCUT2D eigenvalue weighted by atomic mass is 32.1. The number of anilines is 1. The van der Waals surface area contributed by atoms with E-state index in [0.29, 0.717) is 5.56 Å². The average molecular weight is 380 g/mol. The van der Waals surface area contributed by atoms with Crippen molar-refractivity contribution < 1.29 is 4.79 Å². The lowest BCUT2D eigenvalue weighted by Crippen LogP contribution is -2.34. The predicted octanol–water partition coefficient (Wildman–Crippen LogP) is 2.98. The smallest absolute Gasteiger partial charge is 0.257 e. The maximum atomic E-state index is 12.1. The van der Waals surface area contributed by atoms with Crippen LogP contribution in [0.3, 0.4) is 0 Å². The summed E-state index contributed by atoms with van der Waals surface area (Å²) in [4.78, 5) is 12.8. The van der Waals surface area contributed by atoms with Crippen LogP contribution in [0, 0.1) is 0 Å². The minimum Gasteiger partial charge on any atom is -0.332 e. The number of nitrogens with one attached hydrogen (secondary N) is 2. The first-order chi connectivity index (χ1) is 12.7. The van der Waals surface area contributed by atoms with Gasteiger partial charge in [-0.15, -0.1) is 10.2 Å². The van der Waals surface area contributed by atoms with Gasteiger partial charge in [0, 0.05) is 16.8 Å². The van der Waals surface area contributed by atoms with E-state index in [-0.39, 0.29) is 11.0 Å². The molecule has 26 heavy (non-hydrogen) atoms. The van der Waals surface area contributed by atoms with Gasteiger partial charge in [-0.1, -0.05) is 29.5 Å². The van der Waals surface area contributed by atoms with Crippen molar-refractivity contribution in [2.45, 2.75) is 0 Å². The fraction of sp³-hybridized carbons (Fsp3) is 0. The van der Waals surface area contributed by atoms with Gasteiger partial charge in [-0.2, -0.15) is 9.61 Å². The van der Waals surface area contributed by atoms with E-state index < -0.39 is 0 Å². The van der Waals surface area contributed by atoms with Crippen LogP contribution in [0.2, 0.25) is 0 Å². The molecule has 2 aromatic heterocycles. The Labute approximate surface area is 157 Å². The Bertz CT molecular complexity index is 1040. The largest absolute Gasteiger partial charge is 0.332 e. The third kappa shape index (κ3) is 3.44. The number of nitrogens with zero attached hydrogens (tertiary/aromatic N) is 4. The summed E-state index contributed by atoms with van der Waals surface area (Å²) in [6, 6.07) is 16.5. The fourth-order valence-corrected chi connectivity index (χ4v) is 3.34. The van der Waals surface area contributed by atoms with E-state index in [4.69, 9.17) is 12.2 Å². The van der Waals surface area contributed by atoms with Crippen LogP contribution in [-0.2, 0) is 0 Å². The number of rotatable bonds is 3. The van der Waals surface area contributed by atoms with Crippen LogP contribution < -0.4 is 10.6 Å². The number of hydrogen-bond donors (Lipinski definition) is 2. The fourth-order valence-electron chi connectivity index (χ4n) is 2.30. The molecule has 2 aromatic carbocycles. The first-order valence-corrected chi connectivity index (χ1v) is 8.86. The number of thiocarbonyl (C=S) groups is 1. The lowest BCUT2D eigenvalue weighted by molar-refractivity contribution is 0.0977. The summed E-state index contributed by atoms with van der Waals surface area (Å²) in [6.07, 6.45) is 1.57. The van der Waals surface area contributed by atoms with Crippen molar-refractivity contribution in [3.63, 3.8) is 0 Å². The molecular weight excluding hydrogens is 368 g/mol. The van der Waals surface area contributed by atoms with Gasteiger partial charge in [-0.05, 0) is 48.6 Å². The second-order valence-electron chi connectivity index (χ2n) is 5.32. The van der Waals surface area contributed by atoms with E-state index in [1.165, 1.54) is 11.3 Å². The quantitative estimate of drug-likeness (QED) is 0.532. The molecule has 0 saturated heterocycles. The van der Waals surface area contributed by atoms with Gasteiger partial charge in [0.15, 0.2) is 5.11 Å². The molecule has 0 bridgehead atoms. The average Bonchev–Trinajstić information content (AvgIpc) is 3.25. The molecular formula is C17H12N6OS2. The van der Waals surface area contributed by atoms with Crippen LogP contribution in [0.5, 0.6) is 0 Å². The standard InChI is InChI=1S/C17H12N6OS2/c24-14(11-4-2-1-3-5-11)20-16(25)19-13-8-6-12(7-9-13)15-22-23-10-18-21-17(23)26-15/h1-10H,(H2,19,20,24,25). The number of carbonyl (C=O) groups is 1. The van der Waals surface area contributed by atoms with Crippen molar-refractivity contribution in [1.29, 1.82) is 0 Å². The van der Waals surface area contributed by atoms with Gasteiger partial charge in [0.1, 0.15) is 11.3 Å². The van der Waals surface area contributed by atoms with Gasteiger partial charge >= 0.3 is 0 Å². The molecule has 0 radical (unpaired) electrons. The van der Waals surface area contributed by atoms with Crippen LogP contribution in [-0.4, -0.2) is 30.8 Å². The normalized spacial score (nSPS) is 10.6. The van der Waals surface area contributed by atoms with Crippen LogP contribution in [0.25, 0.3) is 15.5 Å². The minimum atomic E-state index is -0.250. The van der Waals surface area contributed by atoms with E-state index in [2.05, 4.69) is 25.9 Å². The van der Waals surface area contributed by atoms with Crippen LogP contribution >= 0.6 is 23.6 Å². The number of carbonyl (C=O) groups excluding carboxylic acids is 1. The second kappa shape index (κ2) is 6.98. The van der Waals surface area contributed by atoms with Gasteiger partial charge in [0.25, 0.3) is 5.91 Å². The molecule has 4 aromatic rings. The Balaban J connectivity index is 1.41. The second-order valence-corrected chi connectivity index (χ2v) is 6.68. The summed E-state index contributed by atoms with van der Waals surface area (Å²) >= 11 is 6.66. The third-order valence-corrected chi connectivity index (χ3v) is 4.71. The van der Waals surface area contributed by atoms with E-state index in [9.17, 15) is 4.79 Å². The summed E-state index contributed by atoms with van der Waals surface area (Å²) in [5.41, 5.74) is 2.29. The zero-order chi connectivity index (χ0) is 17.9. The maximum Gasteiger partial charge on any atom is 0.257 e. The molecule has 1 amide bonds. The first-order valence-electron chi connectivity index (χ1n) is 7.64. The molecule has 4 rings (SSSR count). The molecule has 0 aliphatic rings. The van der Waals surface area contributed by atoms with Gasteiger partial charge < -0.3 is 5.32 Å². The van der Waals surface area contributed by atoms with Crippen LogP contribution in [0.15, 0.2) is 60.9 Å². The van der Waals surface area contributed by atoms with Gasteiger partial charge in [0.2, 0.25) is 4.96 Å². The molecule has 0 aliphatic heterocycles. The number of hydrogen-bond acceptors (Lipinski definition) is 6. The molecule has 7 nitrogen and oxygen atoms in total. The number of amides is 1. The highest BCUT2D eigenvalue weighted by molar-refractivity contribution is 7.80. The molecule has 9 heteroatoms. The molecule has 2 heterocycles. The van der Waals surface area contributed by atoms with E-state index in [0.717, 1.165) is 21.2 Å². The summed E-state index contributed by atoms with van der Waals surface area (Å²) in [5.74, 6) is -0.250. The molecule has 0 saturated carbocycles. The number of benzene rings is 2. The topological polar surface area (TPSA) is 84.2 Å². The van der Waals surface area contributed by atoms with Crippen molar-refractivity contribution >= 4 is 45.2 Å². The van der Waals surface area contributed by atoms with Crippen LogP contribution in [0.4, 0.5) is 5.69 Å². The van der Waals surface area contributed by atoms with Crippen molar-refractivity contribution in [3.8, 4) is 10.6 Å². The van der Waals surface area contributed by atoms with Crippen LogP contribution in [0.1, 0.15) is 10.4 Å². The minimum absolute atomic E-state index is 0.241. The third-order valence-electron chi connectivity index (χ3n) is 3.54. The maximum absolute atomic E-state index is 12.1.